The van der Waals surface area contributed by atoms with Crippen molar-refractivity contribution in [1.82, 2.24) is 19.7 Å². The van der Waals surface area contributed by atoms with Crippen LogP contribution >= 0.6 is 11.3 Å². The van der Waals surface area contributed by atoms with Gasteiger partial charge in [-0.25, -0.2) is 4.98 Å². The Morgan fingerprint density at radius 1 is 0.939 bits per heavy atom. The van der Waals surface area contributed by atoms with E-state index in [1.54, 1.807) is 42.6 Å². The summed E-state index contributed by atoms with van der Waals surface area (Å²) in [5.41, 5.74) is 5.36. The van der Waals surface area contributed by atoms with Gasteiger partial charge in [0.25, 0.3) is 0 Å². The van der Waals surface area contributed by atoms with Gasteiger partial charge in [0.1, 0.15) is 11.5 Å². The molecular formula is C25H23N5O2S. The van der Waals surface area contributed by atoms with Crippen molar-refractivity contribution < 1.29 is 9.47 Å². The first-order chi connectivity index (χ1) is 16.1. The second-order valence-corrected chi connectivity index (χ2v) is 8.60. The molecule has 0 aliphatic rings. The van der Waals surface area contributed by atoms with Crippen LogP contribution in [0.3, 0.4) is 0 Å². The predicted octanol–water partition coefficient (Wildman–Crippen LogP) is 5.45. The fourth-order valence-corrected chi connectivity index (χ4v) is 4.39. The van der Waals surface area contributed by atoms with Crippen molar-refractivity contribution in [1.29, 1.82) is 0 Å². The number of rotatable bonds is 7. The Balaban J connectivity index is 1.61. The molecular weight excluding hydrogens is 434 g/mol. The molecule has 5 rings (SSSR count). The molecule has 0 fully saturated rings. The number of hydrogen-bond donors (Lipinski definition) is 0. The Hall–Kier alpha value is -3.91. The number of benzene rings is 2. The summed E-state index contributed by atoms with van der Waals surface area (Å²) in [5.74, 6) is 1.47. The van der Waals surface area contributed by atoms with E-state index in [0.717, 1.165) is 45.2 Å². The van der Waals surface area contributed by atoms with Gasteiger partial charge in [0.15, 0.2) is 0 Å². The second kappa shape index (κ2) is 8.91. The molecule has 0 aliphatic heterocycles. The highest BCUT2D eigenvalue weighted by Crippen LogP contribution is 2.35. The fraction of sp³-hybridized carbons (Fsp3) is 0.160. The molecule has 0 amide bonds. The van der Waals surface area contributed by atoms with Crippen LogP contribution in [-0.2, 0) is 13.6 Å². The van der Waals surface area contributed by atoms with Crippen LogP contribution in [0.1, 0.15) is 4.88 Å². The largest absolute Gasteiger partial charge is 0.497 e. The number of fused-ring (bicyclic) bond motifs is 1. The minimum Gasteiger partial charge on any atom is -0.497 e. The smallest absolute Gasteiger partial charge is 0.124 e. The first-order valence-corrected chi connectivity index (χ1v) is 11.3. The third-order valence-corrected chi connectivity index (χ3v) is 6.24. The standard InChI is InChI=1S/C25H23N5O2S/c1-29-15-17(13-27-29)25-14-26-23-7-6-18(11-24(23)28-25)30(16-22-5-4-8-33-22)19-9-20(31-2)12-21(10-19)32-3/h4-15H,16H2,1-3H3. The average Bonchev–Trinajstić information content (AvgIpc) is 3.53. The quantitative estimate of drug-likeness (QED) is 0.324. The topological polar surface area (TPSA) is 65.3 Å². The highest BCUT2D eigenvalue weighted by Gasteiger charge is 2.15. The maximum absolute atomic E-state index is 5.52. The predicted molar refractivity (Wildman–Crippen MR) is 131 cm³/mol. The molecule has 0 aliphatic carbocycles. The van der Waals surface area contributed by atoms with Crippen molar-refractivity contribution in [2.24, 2.45) is 7.05 Å². The Labute approximate surface area is 195 Å². The van der Waals surface area contributed by atoms with Gasteiger partial charge >= 0.3 is 0 Å². The van der Waals surface area contributed by atoms with E-state index in [1.165, 1.54) is 4.88 Å². The first kappa shape index (κ1) is 21.0. The second-order valence-electron chi connectivity index (χ2n) is 7.57. The number of methoxy groups -OCH3 is 2. The van der Waals surface area contributed by atoms with Gasteiger partial charge in [-0.3, -0.25) is 9.67 Å². The molecule has 0 atom stereocenters. The lowest BCUT2D eigenvalue weighted by Crippen LogP contribution is -2.16. The molecule has 166 valence electrons. The summed E-state index contributed by atoms with van der Waals surface area (Å²) in [6.07, 6.45) is 5.52. The molecule has 0 unspecified atom stereocenters. The Bertz CT molecular complexity index is 1380. The number of aryl methyl sites for hydroxylation is 1. The molecule has 3 aromatic heterocycles. The summed E-state index contributed by atoms with van der Waals surface area (Å²) in [4.78, 5) is 13.0. The molecule has 0 bridgehead atoms. The number of nitrogens with zero attached hydrogens (tertiary/aromatic N) is 5. The molecule has 0 N–H and O–H groups in total. The lowest BCUT2D eigenvalue weighted by atomic mass is 10.2. The highest BCUT2D eigenvalue weighted by molar-refractivity contribution is 7.09. The summed E-state index contributed by atoms with van der Waals surface area (Å²) >= 11 is 1.72. The summed E-state index contributed by atoms with van der Waals surface area (Å²) in [7, 11) is 5.21. The summed E-state index contributed by atoms with van der Waals surface area (Å²) in [5, 5.41) is 6.34. The SMILES string of the molecule is COc1cc(OC)cc(N(Cc2cccs2)c2ccc3ncc(-c4cnn(C)c4)nc3c2)c1. The van der Waals surface area contributed by atoms with Gasteiger partial charge in [-0.2, -0.15) is 5.10 Å². The van der Waals surface area contributed by atoms with Crippen molar-refractivity contribution in [3.63, 3.8) is 0 Å². The van der Waals surface area contributed by atoms with Gasteiger partial charge in [-0.15, -0.1) is 11.3 Å². The van der Waals surface area contributed by atoms with Gasteiger partial charge in [0.2, 0.25) is 0 Å². The molecule has 0 radical (unpaired) electrons. The molecule has 0 spiro atoms. The van der Waals surface area contributed by atoms with Gasteiger partial charge < -0.3 is 14.4 Å². The number of aromatic nitrogens is 4. The highest BCUT2D eigenvalue weighted by atomic mass is 32.1. The summed E-state index contributed by atoms with van der Waals surface area (Å²) < 4.78 is 12.8. The van der Waals surface area contributed by atoms with E-state index in [9.17, 15) is 0 Å². The molecule has 0 saturated heterocycles. The van der Waals surface area contributed by atoms with E-state index in [2.05, 4.69) is 44.6 Å². The van der Waals surface area contributed by atoms with Crippen molar-refractivity contribution in [2.75, 3.05) is 19.1 Å². The number of thiophene rings is 1. The summed E-state index contributed by atoms with van der Waals surface area (Å²) in [6.45, 7) is 0.704. The number of anilines is 2. The third-order valence-electron chi connectivity index (χ3n) is 5.38. The molecule has 33 heavy (non-hydrogen) atoms. The lowest BCUT2D eigenvalue weighted by Gasteiger charge is -2.26. The maximum Gasteiger partial charge on any atom is 0.124 e. The molecule has 8 heteroatoms. The monoisotopic (exact) mass is 457 g/mol. The zero-order valence-corrected chi connectivity index (χ0v) is 19.4. The van der Waals surface area contributed by atoms with Crippen LogP contribution in [0.4, 0.5) is 11.4 Å². The normalized spacial score (nSPS) is 11.0. The van der Waals surface area contributed by atoms with Crippen molar-refractivity contribution >= 4 is 33.7 Å². The Morgan fingerprint density at radius 2 is 1.76 bits per heavy atom. The fourth-order valence-electron chi connectivity index (χ4n) is 3.70. The molecule has 3 heterocycles. The first-order valence-electron chi connectivity index (χ1n) is 10.4. The van der Waals surface area contributed by atoms with Crippen LogP contribution in [0.15, 0.2) is 72.5 Å². The lowest BCUT2D eigenvalue weighted by molar-refractivity contribution is 0.394. The third kappa shape index (κ3) is 4.38. The van der Waals surface area contributed by atoms with Crippen molar-refractivity contribution in [2.45, 2.75) is 6.54 Å². The van der Waals surface area contributed by atoms with Gasteiger partial charge in [0, 0.05) is 53.3 Å². The number of hydrogen-bond acceptors (Lipinski definition) is 7. The van der Waals surface area contributed by atoms with Crippen molar-refractivity contribution in [3.8, 4) is 22.8 Å². The molecule has 7 nitrogen and oxygen atoms in total. The molecule has 0 saturated carbocycles. The zero-order chi connectivity index (χ0) is 22.8. The van der Waals surface area contributed by atoms with E-state index in [-0.39, 0.29) is 0 Å². The van der Waals surface area contributed by atoms with E-state index in [1.807, 2.05) is 37.5 Å². The van der Waals surface area contributed by atoms with E-state index in [0.29, 0.717) is 6.54 Å². The van der Waals surface area contributed by atoms with E-state index < -0.39 is 0 Å². The zero-order valence-electron chi connectivity index (χ0n) is 18.6. The van der Waals surface area contributed by atoms with Crippen LogP contribution in [-0.4, -0.2) is 34.0 Å². The van der Waals surface area contributed by atoms with Gasteiger partial charge in [0.05, 0.1) is 49.9 Å². The van der Waals surface area contributed by atoms with Crippen molar-refractivity contribution in [3.05, 3.63) is 77.4 Å². The number of ether oxygens (including phenoxy) is 2. The van der Waals surface area contributed by atoms with Crippen LogP contribution in [0.25, 0.3) is 22.3 Å². The van der Waals surface area contributed by atoms with Gasteiger partial charge in [-0.05, 0) is 29.6 Å². The van der Waals surface area contributed by atoms with Crippen LogP contribution in [0.2, 0.25) is 0 Å². The average molecular weight is 458 g/mol. The van der Waals surface area contributed by atoms with Gasteiger partial charge in [-0.1, -0.05) is 6.07 Å². The van der Waals surface area contributed by atoms with Crippen LogP contribution in [0.5, 0.6) is 11.5 Å². The minimum atomic E-state index is 0.704. The van der Waals surface area contributed by atoms with E-state index in [4.69, 9.17) is 14.5 Å². The van der Waals surface area contributed by atoms with Crippen LogP contribution < -0.4 is 14.4 Å². The summed E-state index contributed by atoms with van der Waals surface area (Å²) in [6, 6.07) is 16.2. The Morgan fingerprint density at radius 3 is 2.42 bits per heavy atom. The maximum atomic E-state index is 5.52. The van der Waals surface area contributed by atoms with E-state index >= 15 is 0 Å². The molecule has 2 aromatic carbocycles. The minimum absolute atomic E-state index is 0.704. The molecule has 5 aromatic rings. The Kier molecular flexibility index (Phi) is 5.66. The van der Waals surface area contributed by atoms with Crippen LogP contribution in [0, 0.1) is 0 Å².